The number of amides is 1. The number of ether oxygens (including phenoxy) is 2. The Morgan fingerprint density at radius 2 is 2.00 bits per heavy atom. The second-order valence-corrected chi connectivity index (χ2v) is 4.65. The number of nitrogens with zero attached hydrogens (tertiary/aromatic N) is 1. The van der Waals surface area contributed by atoms with Gasteiger partial charge >= 0.3 is 5.97 Å². The van der Waals surface area contributed by atoms with Crippen LogP contribution in [0.4, 0.5) is 4.39 Å². The van der Waals surface area contributed by atoms with E-state index in [0.29, 0.717) is 13.2 Å². The summed E-state index contributed by atoms with van der Waals surface area (Å²) in [5, 5.41) is -0.125. The summed E-state index contributed by atoms with van der Waals surface area (Å²) in [6.07, 6.45) is 0.0703. The molecule has 0 saturated carbocycles. The first-order valence-corrected chi connectivity index (χ1v) is 6.67. The Kier molecular flexibility index (Phi) is 7.11. The summed E-state index contributed by atoms with van der Waals surface area (Å²) in [4.78, 5) is 25.0. The first-order valence-electron chi connectivity index (χ1n) is 6.29. The predicted molar refractivity (Wildman–Crippen MR) is 75.8 cm³/mol. The topological polar surface area (TPSA) is 55.8 Å². The molecule has 1 amide bonds. The summed E-state index contributed by atoms with van der Waals surface area (Å²) in [6, 6.07) is 3.74. The summed E-state index contributed by atoms with van der Waals surface area (Å²) >= 11 is 5.67. The lowest BCUT2D eigenvalue weighted by Gasteiger charge is -2.22. The minimum atomic E-state index is -0.591. The third-order valence-electron chi connectivity index (χ3n) is 2.83. The van der Waals surface area contributed by atoms with Crippen LogP contribution in [0.5, 0.6) is 0 Å². The highest BCUT2D eigenvalue weighted by Gasteiger charge is 2.18. The van der Waals surface area contributed by atoms with E-state index in [0.717, 1.165) is 6.07 Å². The van der Waals surface area contributed by atoms with Crippen molar-refractivity contribution >= 4 is 23.5 Å². The SMILES string of the molecule is COCCN(CCC(=O)OC)C(=O)c1ccc(F)c(Cl)c1. The first kappa shape index (κ1) is 17.4. The van der Waals surface area contributed by atoms with Gasteiger partial charge in [0, 0.05) is 25.8 Å². The van der Waals surface area contributed by atoms with Gasteiger partial charge in [-0.2, -0.15) is 0 Å². The fourth-order valence-electron chi connectivity index (χ4n) is 1.66. The molecule has 0 bridgehead atoms. The molecule has 0 aromatic heterocycles. The Morgan fingerprint density at radius 1 is 1.29 bits per heavy atom. The Bertz CT molecular complexity index is 510. The Labute approximate surface area is 127 Å². The summed E-state index contributed by atoms with van der Waals surface area (Å²) < 4.78 is 22.6. The molecule has 0 saturated heterocycles. The van der Waals surface area contributed by atoms with E-state index in [1.807, 2.05) is 0 Å². The number of carbonyl (C=O) groups excluding carboxylic acids is 2. The smallest absolute Gasteiger partial charge is 0.307 e. The maximum atomic E-state index is 13.1. The maximum absolute atomic E-state index is 13.1. The molecule has 0 aliphatic rings. The van der Waals surface area contributed by atoms with Crippen molar-refractivity contribution in [3.8, 4) is 0 Å². The van der Waals surface area contributed by atoms with Crippen LogP contribution in [-0.2, 0) is 14.3 Å². The Hall–Kier alpha value is -1.66. The van der Waals surface area contributed by atoms with Gasteiger partial charge in [-0.25, -0.2) is 4.39 Å². The van der Waals surface area contributed by atoms with Crippen LogP contribution < -0.4 is 0 Å². The molecule has 0 unspecified atom stereocenters. The van der Waals surface area contributed by atoms with Crippen LogP contribution in [0.2, 0.25) is 5.02 Å². The van der Waals surface area contributed by atoms with Gasteiger partial charge in [-0.1, -0.05) is 11.6 Å². The zero-order valence-electron chi connectivity index (χ0n) is 11.9. The van der Waals surface area contributed by atoms with Crippen molar-refractivity contribution in [1.29, 1.82) is 0 Å². The molecule has 21 heavy (non-hydrogen) atoms. The molecule has 1 rings (SSSR count). The molecule has 0 atom stereocenters. The van der Waals surface area contributed by atoms with E-state index in [1.165, 1.54) is 31.3 Å². The van der Waals surface area contributed by atoms with Gasteiger partial charge in [0.05, 0.1) is 25.2 Å². The average molecular weight is 318 g/mol. The van der Waals surface area contributed by atoms with Crippen molar-refractivity contribution in [3.05, 3.63) is 34.6 Å². The molecule has 0 heterocycles. The van der Waals surface area contributed by atoms with Crippen molar-refractivity contribution in [2.45, 2.75) is 6.42 Å². The molecule has 7 heteroatoms. The number of halogens is 2. The average Bonchev–Trinajstić information content (AvgIpc) is 2.49. The normalized spacial score (nSPS) is 10.3. The number of hydrogen-bond acceptors (Lipinski definition) is 4. The molecule has 0 aliphatic heterocycles. The van der Waals surface area contributed by atoms with Crippen molar-refractivity contribution in [2.24, 2.45) is 0 Å². The first-order chi connectivity index (χ1) is 9.99. The summed E-state index contributed by atoms with van der Waals surface area (Å²) in [7, 11) is 2.79. The van der Waals surface area contributed by atoms with Crippen molar-refractivity contribution in [2.75, 3.05) is 33.9 Å². The van der Waals surface area contributed by atoms with E-state index in [1.54, 1.807) is 0 Å². The number of benzene rings is 1. The van der Waals surface area contributed by atoms with Gasteiger partial charge < -0.3 is 14.4 Å². The van der Waals surface area contributed by atoms with Crippen LogP contribution in [0.1, 0.15) is 16.8 Å². The predicted octanol–water partition coefficient (Wildman–Crippen LogP) is 2.13. The maximum Gasteiger partial charge on any atom is 0.307 e. The van der Waals surface area contributed by atoms with E-state index in [-0.39, 0.29) is 29.5 Å². The molecule has 0 radical (unpaired) electrons. The van der Waals surface area contributed by atoms with Crippen molar-refractivity contribution in [1.82, 2.24) is 4.90 Å². The molecule has 0 fully saturated rings. The fourth-order valence-corrected chi connectivity index (χ4v) is 1.84. The van der Waals surface area contributed by atoms with Gasteiger partial charge in [0.2, 0.25) is 0 Å². The number of rotatable bonds is 7. The highest BCUT2D eigenvalue weighted by Crippen LogP contribution is 2.17. The molecule has 1 aromatic rings. The molecule has 0 N–H and O–H groups in total. The van der Waals surface area contributed by atoms with Gasteiger partial charge in [0.25, 0.3) is 5.91 Å². The third-order valence-corrected chi connectivity index (χ3v) is 3.12. The third kappa shape index (κ3) is 5.32. The zero-order chi connectivity index (χ0) is 15.8. The summed E-state index contributed by atoms with van der Waals surface area (Å²) in [5.41, 5.74) is 0.252. The van der Waals surface area contributed by atoms with Gasteiger partial charge in [-0.05, 0) is 18.2 Å². The van der Waals surface area contributed by atoms with Crippen LogP contribution in [0.3, 0.4) is 0 Å². The van der Waals surface area contributed by atoms with Crippen LogP contribution in [-0.4, -0.2) is 50.7 Å². The van der Waals surface area contributed by atoms with Gasteiger partial charge in [-0.3, -0.25) is 9.59 Å². The summed E-state index contributed by atoms with van der Waals surface area (Å²) in [5.74, 6) is -1.36. The van der Waals surface area contributed by atoms with Gasteiger partial charge in [0.15, 0.2) is 0 Å². The fraction of sp³-hybridized carbons (Fsp3) is 0.429. The second kappa shape index (κ2) is 8.59. The minimum Gasteiger partial charge on any atom is -0.469 e. The zero-order valence-corrected chi connectivity index (χ0v) is 12.7. The molecule has 1 aromatic carbocycles. The van der Waals surface area contributed by atoms with Gasteiger partial charge in [0.1, 0.15) is 5.82 Å². The van der Waals surface area contributed by atoms with Crippen LogP contribution >= 0.6 is 11.6 Å². The summed E-state index contributed by atoms with van der Waals surface area (Å²) in [6.45, 7) is 0.813. The van der Waals surface area contributed by atoms with E-state index >= 15 is 0 Å². The van der Waals surface area contributed by atoms with Crippen molar-refractivity contribution in [3.63, 3.8) is 0 Å². The lowest BCUT2D eigenvalue weighted by atomic mass is 10.2. The monoisotopic (exact) mass is 317 g/mol. The van der Waals surface area contributed by atoms with Crippen molar-refractivity contribution < 1.29 is 23.5 Å². The molecule has 0 aliphatic carbocycles. The van der Waals surface area contributed by atoms with E-state index in [4.69, 9.17) is 16.3 Å². The largest absolute Gasteiger partial charge is 0.469 e. The highest BCUT2D eigenvalue weighted by atomic mass is 35.5. The number of hydrogen-bond donors (Lipinski definition) is 0. The Balaban J connectivity index is 2.82. The highest BCUT2D eigenvalue weighted by molar-refractivity contribution is 6.31. The lowest BCUT2D eigenvalue weighted by molar-refractivity contribution is -0.140. The molecule has 0 spiro atoms. The van der Waals surface area contributed by atoms with E-state index < -0.39 is 11.8 Å². The second-order valence-electron chi connectivity index (χ2n) is 4.24. The molecular formula is C14H17ClFNO4. The number of esters is 1. The Morgan fingerprint density at radius 3 is 2.57 bits per heavy atom. The van der Waals surface area contributed by atoms with Crippen LogP contribution in [0.15, 0.2) is 18.2 Å². The lowest BCUT2D eigenvalue weighted by Crippen LogP contribution is -2.35. The standard InChI is InChI=1S/C14H17ClFNO4/c1-20-8-7-17(6-5-13(18)21-2)14(19)10-3-4-12(16)11(15)9-10/h3-4,9H,5-8H2,1-2H3. The van der Waals surface area contributed by atoms with E-state index in [2.05, 4.69) is 4.74 Å². The number of carbonyl (C=O) groups is 2. The molecule has 116 valence electrons. The quantitative estimate of drug-likeness (QED) is 0.723. The minimum absolute atomic E-state index is 0.0703. The molecule has 5 nitrogen and oxygen atoms in total. The van der Waals surface area contributed by atoms with Crippen LogP contribution in [0.25, 0.3) is 0 Å². The van der Waals surface area contributed by atoms with E-state index in [9.17, 15) is 14.0 Å². The number of methoxy groups -OCH3 is 2. The van der Waals surface area contributed by atoms with Gasteiger partial charge in [-0.15, -0.1) is 0 Å². The van der Waals surface area contributed by atoms with Crippen LogP contribution in [0, 0.1) is 5.82 Å². The molecular weight excluding hydrogens is 301 g/mol.